The van der Waals surface area contributed by atoms with Crippen LogP contribution in [0.25, 0.3) is 5.78 Å². The number of aryl methyl sites for hydroxylation is 2. The lowest BCUT2D eigenvalue weighted by Gasteiger charge is -2.17. The van der Waals surface area contributed by atoms with Gasteiger partial charge in [-0.25, -0.2) is 9.50 Å². The van der Waals surface area contributed by atoms with Crippen LogP contribution in [0, 0.1) is 13.8 Å². The van der Waals surface area contributed by atoms with Crippen molar-refractivity contribution in [2.45, 2.75) is 39.3 Å². The summed E-state index contributed by atoms with van der Waals surface area (Å²) in [4.78, 5) is 21.4. The molecule has 0 radical (unpaired) electrons. The largest absolute Gasteiger partial charge is 0.453 e. The molecule has 144 valence electrons. The van der Waals surface area contributed by atoms with Gasteiger partial charge in [-0.1, -0.05) is 0 Å². The van der Waals surface area contributed by atoms with Gasteiger partial charge in [0.1, 0.15) is 0 Å². The monoisotopic (exact) mass is 373 g/mol. The highest BCUT2D eigenvalue weighted by atomic mass is 19.4. The van der Waals surface area contributed by atoms with Gasteiger partial charge in [-0.15, -0.1) is 5.10 Å². The highest BCUT2D eigenvalue weighted by Crippen LogP contribution is 2.27. The predicted octanol–water partition coefficient (Wildman–Crippen LogP) is 2.19. The number of alkyl halides is 3. The molecule has 0 atom stereocenters. The van der Waals surface area contributed by atoms with Crippen molar-refractivity contribution in [1.29, 1.82) is 0 Å². The van der Waals surface area contributed by atoms with Gasteiger partial charge in [0.05, 0.1) is 0 Å². The summed E-state index contributed by atoms with van der Waals surface area (Å²) < 4.78 is 44.5. The Balaban J connectivity index is 2.15. The summed E-state index contributed by atoms with van der Waals surface area (Å²) >= 11 is 0. The number of aromatic nitrogens is 4. The Labute approximate surface area is 149 Å². The number of hydrogen-bond donors (Lipinski definition) is 0. The highest BCUT2D eigenvalue weighted by molar-refractivity contribution is 5.76. The Kier molecular flexibility index (Phi) is 6.17. The molecule has 0 aromatic carbocycles. The summed E-state index contributed by atoms with van der Waals surface area (Å²) in [6.45, 7) is 4.50. The quantitative estimate of drug-likeness (QED) is 0.696. The molecule has 2 aromatic heterocycles. The van der Waals surface area contributed by atoms with E-state index in [1.807, 2.05) is 0 Å². The summed E-state index contributed by atoms with van der Waals surface area (Å²) in [5.41, 5.74) is 1.76. The van der Waals surface area contributed by atoms with Crippen LogP contribution in [0.2, 0.25) is 0 Å². The molecule has 0 N–H and O–H groups in total. The maximum atomic E-state index is 12.8. The van der Waals surface area contributed by atoms with Crippen molar-refractivity contribution < 1.29 is 22.7 Å². The van der Waals surface area contributed by atoms with Crippen LogP contribution in [0.3, 0.4) is 0 Å². The molecule has 2 heterocycles. The summed E-state index contributed by atoms with van der Waals surface area (Å²) in [6, 6.07) is 0. The van der Waals surface area contributed by atoms with Crippen LogP contribution < -0.4 is 0 Å². The number of methoxy groups -OCH3 is 1. The van der Waals surface area contributed by atoms with Crippen molar-refractivity contribution in [3.8, 4) is 0 Å². The highest BCUT2D eigenvalue weighted by Gasteiger charge is 2.36. The van der Waals surface area contributed by atoms with Gasteiger partial charge >= 0.3 is 6.18 Å². The Morgan fingerprint density at radius 3 is 2.58 bits per heavy atom. The first-order valence-corrected chi connectivity index (χ1v) is 8.18. The summed E-state index contributed by atoms with van der Waals surface area (Å²) in [7, 11) is 3.32. The van der Waals surface area contributed by atoms with Crippen LogP contribution in [0.1, 0.15) is 35.6 Å². The van der Waals surface area contributed by atoms with Crippen LogP contribution in [-0.2, 0) is 22.1 Å². The summed E-state index contributed by atoms with van der Waals surface area (Å²) in [5.74, 6) is -1.37. The molecule has 0 bridgehead atoms. The lowest BCUT2D eigenvalue weighted by molar-refractivity contribution is -0.144. The molecule has 0 saturated carbocycles. The Morgan fingerprint density at radius 1 is 1.27 bits per heavy atom. The average Bonchev–Trinajstić information content (AvgIpc) is 2.99. The fourth-order valence-electron chi connectivity index (χ4n) is 2.68. The van der Waals surface area contributed by atoms with Crippen LogP contribution in [-0.4, -0.2) is 57.7 Å². The molecule has 26 heavy (non-hydrogen) atoms. The van der Waals surface area contributed by atoms with E-state index in [2.05, 4.69) is 15.1 Å². The second-order valence-electron chi connectivity index (χ2n) is 6.07. The second kappa shape index (κ2) is 7.98. The molecule has 0 fully saturated rings. The first kappa shape index (κ1) is 20.1. The minimum atomic E-state index is -4.63. The second-order valence-corrected chi connectivity index (χ2v) is 6.07. The fourth-order valence-corrected chi connectivity index (χ4v) is 2.68. The summed E-state index contributed by atoms with van der Waals surface area (Å²) in [5, 5.41) is 3.51. The lowest BCUT2D eigenvalue weighted by atomic mass is 10.1. The third-order valence-electron chi connectivity index (χ3n) is 4.16. The molecular formula is C16H22F3N5O2. The standard InChI is InChI=1S/C16H22F3N5O2/c1-10-12(6-7-13(25)23(3)8-5-9-26-4)11(2)24-15(20-10)21-14(22-24)16(17,18)19/h5-9H2,1-4H3. The van der Waals surface area contributed by atoms with Crippen LogP contribution >= 0.6 is 0 Å². The maximum Gasteiger partial charge on any atom is 0.453 e. The number of ether oxygens (including phenoxy) is 1. The van der Waals surface area contributed by atoms with E-state index in [-0.39, 0.29) is 18.1 Å². The van der Waals surface area contributed by atoms with Gasteiger partial charge in [-0.3, -0.25) is 4.79 Å². The number of rotatable bonds is 7. The maximum absolute atomic E-state index is 12.8. The molecule has 2 aromatic rings. The molecule has 7 nitrogen and oxygen atoms in total. The minimum Gasteiger partial charge on any atom is -0.385 e. The van der Waals surface area contributed by atoms with E-state index in [9.17, 15) is 18.0 Å². The van der Waals surface area contributed by atoms with Gasteiger partial charge in [0, 0.05) is 45.1 Å². The van der Waals surface area contributed by atoms with Crippen molar-refractivity contribution in [1.82, 2.24) is 24.5 Å². The molecule has 0 spiro atoms. The smallest absolute Gasteiger partial charge is 0.385 e. The number of amides is 1. The third-order valence-corrected chi connectivity index (χ3v) is 4.16. The Bertz CT molecular complexity index is 788. The molecule has 1 amide bonds. The number of hydrogen-bond acceptors (Lipinski definition) is 5. The molecule has 0 aliphatic carbocycles. The van der Waals surface area contributed by atoms with Crippen LogP contribution in [0.5, 0.6) is 0 Å². The zero-order valence-electron chi connectivity index (χ0n) is 15.2. The van der Waals surface area contributed by atoms with Gasteiger partial charge in [0.15, 0.2) is 0 Å². The lowest BCUT2D eigenvalue weighted by Crippen LogP contribution is -2.28. The van der Waals surface area contributed by atoms with E-state index in [4.69, 9.17) is 4.74 Å². The van der Waals surface area contributed by atoms with Crippen molar-refractivity contribution in [3.63, 3.8) is 0 Å². The van der Waals surface area contributed by atoms with Gasteiger partial charge in [0.2, 0.25) is 5.91 Å². The molecule has 0 aliphatic heterocycles. The SMILES string of the molecule is COCCCN(C)C(=O)CCc1c(C)nc2nc(C(F)(F)F)nn2c1C. The van der Waals surface area contributed by atoms with Gasteiger partial charge < -0.3 is 9.64 Å². The number of fused-ring (bicyclic) bond motifs is 1. The first-order chi connectivity index (χ1) is 12.1. The normalized spacial score (nSPS) is 12.0. The van der Waals surface area contributed by atoms with Gasteiger partial charge in [-0.05, 0) is 32.3 Å². The van der Waals surface area contributed by atoms with Gasteiger partial charge in [0.25, 0.3) is 11.6 Å². The van der Waals surface area contributed by atoms with E-state index in [1.54, 1.807) is 32.9 Å². The van der Waals surface area contributed by atoms with E-state index in [0.717, 1.165) is 10.9 Å². The number of halogens is 3. The average molecular weight is 373 g/mol. The van der Waals surface area contributed by atoms with E-state index < -0.39 is 12.0 Å². The first-order valence-electron chi connectivity index (χ1n) is 8.18. The van der Waals surface area contributed by atoms with Crippen LogP contribution in [0.4, 0.5) is 13.2 Å². The molecule has 0 unspecified atom stereocenters. The van der Waals surface area contributed by atoms with Crippen LogP contribution in [0.15, 0.2) is 0 Å². The fraction of sp³-hybridized carbons (Fsp3) is 0.625. The zero-order chi connectivity index (χ0) is 19.5. The third kappa shape index (κ3) is 4.48. The predicted molar refractivity (Wildman–Crippen MR) is 87.7 cm³/mol. The van der Waals surface area contributed by atoms with E-state index in [1.165, 1.54) is 0 Å². The van der Waals surface area contributed by atoms with Crippen molar-refractivity contribution >= 4 is 11.7 Å². The van der Waals surface area contributed by atoms with Crippen molar-refractivity contribution in [2.75, 3.05) is 27.3 Å². The number of nitrogens with zero attached hydrogens (tertiary/aromatic N) is 5. The molecule has 2 rings (SSSR count). The van der Waals surface area contributed by atoms with E-state index in [0.29, 0.717) is 36.5 Å². The topological polar surface area (TPSA) is 72.6 Å². The number of carbonyl (C=O) groups excluding carboxylic acids is 1. The molecule has 0 saturated heterocycles. The minimum absolute atomic E-state index is 0.0467. The molecule has 0 aliphatic rings. The Morgan fingerprint density at radius 2 is 1.96 bits per heavy atom. The molecular weight excluding hydrogens is 351 g/mol. The Hall–Kier alpha value is -2.23. The summed E-state index contributed by atoms with van der Waals surface area (Å²) in [6.07, 6.45) is -3.28. The van der Waals surface area contributed by atoms with Crippen molar-refractivity contribution in [3.05, 3.63) is 22.8 Å². The number of carbonyl (C=O) groups is 1. The van der Waals surface area contributed by atoms with E-state index >= 15 is 0 Å². The molecule has 10 heteroatoms. The zero-order valence-corrected chi connectivity index (χ0v) is 15.2. The van der Waals surface area contributed by atoms with Gasteiger partial charge in [-0.2, -0.15) is 18.2 Å². The van der Waals surface area contributed by atoms with Crippen molar-refractivity contribution in [2.24, 2.45) is 0 Å².